The van der Waals surface area contributed by atoms with E-state index in [9.17, 15) is 19.2 Å². The molecule has 92 heavy (non-hydrogen) atoms. The van der Waals surface area contributed by atoms with Crippen LogP contribution in [0.1, 0.15) is 167 Å². The number of hydrogen-bond acceptors (Lipinski definition) is 14. The van der Waals surface area contributed by atoms with Crippen LogP contribution in [0, 0.1) is 34.5 Å². The van der Waals surface area contributed by atoms with Gasteiger partial charge in [-0.2, -0.15) is 0 Å². The smallest absolute Gasteiger partial charge is 0.343 e. The lowest BCUT2D eigenvalue weighted by Crippen LogP contribution is -2.43. The van der Waals surface area contributed by atoms with Crippen molar-refractivity contribution in [3.63, 3.8) is 0 Å². The molecule has 0 aliphatic carbocycles. The van der Waals surface area contributed by atoms with E-state index in [1.807, 2.05) is 24.3 Å². The van der Waals surface area contributed by atoms with Gasteiger partial charge in [0.05, 0.1) is 75.1 Å². The van der Waals surface area contributed by atoms with E-state index in [1.54, 1.807) is 72.8 Å². The van der Waals surface area contributed by atoms with Crippen LogP contribution in [0.3, 0.4) is 0 Å². The van der Waals surface area contributed by atoms with Crippen molar-refractivity contribution in [2.45, 2.75) is 105 Å². The van der Waals surface area contributed by atoms with E-state index in [1.165, 1.54) is 48.2 Å². The lowest BCUT2D eigenvalue weighted by molar-refractivity contribution is -0.138. The fraction of sp³-hybridized carbons (Fsp3) is 0.359. The van der Waals surface area contributed by atoms with E-state index >= 15 is 0 Å². The van der Waals surface area contributed by atoms with Crippen LogP contribution in [-0.4, -0.2) is 89.9 Å². The molecule has 14 nitrogen and oxygen atoms in total. The molecule has 2 heterocycles. The normalized spacial score (nSPS) is 13.3. The van der Waals surface area contributed by atoms with Gasteiger partial charge in [0.1, 0.15) is 11.5 Å². The maximum Gasteiger partial charge on any atom is 0.343 e. The Morgan fingerprint density at radius 3 is 0.935 bits per heavy atom. The molecule has 0 saturated carbocycles. The second kappa shape index (κ2) is 34.4. The van der Waals surface area contributed by atoms with Crippen LogP contribution in [0.2, 0.25) is 0 Å². The molecule has 2 saturated heterocycles. The van der Waals surface area contributed by atoms with E-state index < -0.39 is 23.9 Å². The van der Waals surface area contributed by atoms with Gasteiger partial charge in [-0.3, -0.25) is 0 Å². The molecule has 0 amide bonds. The minimum absolute atomic E-state index is 0.0854. The Labute approximate surface area is 541 Å². The molecular weight excluding hydrogens is 1160 g/mol. The minimum Gasteiger partial charge on any atom is -0.494 e. The average Bonchev–Trinajstić information content (AvgIpc) is 1.53. The number of benzene rings is 7. The number of carbonyl (C=O) groups is 4. The van der Waals surface area contributed by atoms with Crippen molar-refractivity contribution < 1.29 is 66.5 Å². The fourth-order valence-corrected chi connectivity index (χ4v) is 9.88. The van der Waals surface area contributed by atoms with Gasteiger partial charge in [0.2, 0.25) is 0 Å². The number of hydrogen-bond donors (Lipinski definition) is 0. The quantitative estimate of drug-likeness (QED) is 0.0170. The summed E-state index contributed by atoms with van der Waals surface area (Å²) in [5.41, 5.74) is 6.24. The Kier molecular flexibility index (Phi) is 25.2. The highest BCUT2D eigenvalue weighted by atomic mass is 16.6. The maximum absolute atomic E-state index is 14.2. The first-order valence-corrected chi connectivity index (χ1v) is 32.1. The Bertz CT molecular complexity index is 3410. The summed E-state index contributed by atoms with van der Waals surface area (Å²) in [6.07, 6.45) is 12.2. The van der Waals surface area contributed by atoms with Gasteiger partial charge < -0.3 is 47.4 Å². The maximum atomic E-state index is 14.2. The van der Waals surface area contributed by atoms with E-state index in [0.29, 0.717) is 88.7 Å². The molecule has 2 aliphatic rings. The van der Waals surface area contributed by atoms with Crippen LogP contribution < -0.4 is 28.4 Å². The summed E-state index contributed by atoms with van der Waals surface area (Å²) in [5.74, 6) is 9.06. The van der Waals surface area contributed by atoms with Gasteiger partial charge in [-0.25, -0.2) is 19.2 Å². The molecule has 14 heteroatoms. The van der Waals surface area contributed by atoms with E-state index in [4.69, 9.17) is 47.4 Å². The first-order valence-electron chi connectivity index (χ1n) is 32.1. The van der Waals surface area contributed by atoms with Gasteiger partial charge in [-0.05, 0) is 184 Å². The lowest BCUT2D eigenvalue weighted by atomic mass is 9.90. The van der Waals surface area contributed by atoms with Crippen LogP contribution in [0.5, 0.6) is 34.5 Å². The number of aryl methyl sites for hydroxylation is 2. The summed E-state index contributed by atoms with van der Waals surface area (Å²) < 4.78 is 58.3. The molecule has 9 rings (SSSR count). The van der Waals surface area contributed by atoms with Crippen LogP contribution in [0.4, 0.5) is 0 Å². The van der Waals surface area contributed by atoms with Crippen molar-refractivity contribution in [3.8, 4) is 58.2 Å². The molecule has 0 unspecified atom stereocenters. The Balaban J connectivity index is 0.942. The van der Waals surface area contributed by atoms with Gasteiger partial charge >= 0.3 is 23.9 Å². The predicted molar refractivity (Wildman–Crippen MR) is 352 cm³/mol. The molecular formula is C78H82O14. The molecule has 0 aromatic heterocycles. The predicted octanol–water partition coefficient (Wildman–Crippen LogP) is 15.3. The summed E-state index contributed by atoms with van der Waals surface area (Å²) in [6, 6.07) is 44.5. The molecule has 0 radical (unpaired) electrons. The first-order chi connectivity index (χ1) is 44.8. The zero-order valence-corrected chi connectivity index (χ0v) is 53.3. The molecule has 2 fully saturated rings. The van der Waals surface area contributed by atoms with E-state index in [2.05, 4.69) is 75.6 Å². The molecule has 0 N–H and O–H groups in total. The summed E-state index contributed by atoms with van der Waals surface area (Å²) in [7, 11) is 0. The third kappa shape index (κ3) is 21.0. The Morgan fingerprint density at radius 2 is 0.652 bits per heavy atom. The van der Waals surface area contributed by atoms with Gasteiger partial charge in [-0.1, -0.05) is 101 Å². The standard InChI is InChI=1S/C78H82O14/c1-5-7-9-15-57-17-21-59(22-18-57)25-27-61-29-33-63(34-30-61)73(79)89-69-49-72(92-76(82)66-39-43-68(44-40-66)88-48-14-12-46-84-52-78(4)55-86-56-78)70(90-74(80)64-35-31-62(32-36-64)28-26-60-23-19-58(20-24-60)16-10-8-6-2)50-71(69)91-75(81)65-37-41-67(42-38-65)87-47-13-11-45-83-51-77(3)53-85-54-77/h17-24,29-44,49-50H,5-16,45-48,51-56H2,1-4H3. The van der Waals surface area contributed by atoms with Gasteiger partial charge in [0.15, 0.2) is 23.0 Å². The highest BCUT2D eigenvalue weighted by Crippen LogP contribution is 2.42. The Hall–Kier alpha value is -9.02. The topological polar surface area (TPSA) is 161 Å². The number of rotatable bonds is 32. The van der Waals surface area contributed by atoms with Crippen LogP contribution in [0.25, 0.3) is 0 Å². The lowest BCUT2D eigenvalue weighted by Gasteiger charge is -2.37. The molecule has 0 spiro atoms. The molecule has 0 atom stereocenters. The summed E-state index contributed by atoms with van der Waals surface area (Å²) in [5, 5.41) is 0. The van der Waals surface area contributed by atoms with Crippen molar-refractivity contribution in [2.75, 3.05) is 66.1 Å². The molecule has 0 bridgehead atoms. The zero-order valence-electron chi connectivity index (χ0n) is 53.3. The molecule has 7 aromatic rings. The van der Waals surface area contributed by atoms with Crippen molar-refractivity contribution in [3.05, 3.63) is 213 Å². The number of unbranched alkanes of at least 4 members (excludes halogenated alkanes) is 6. The third-order valence-electron chi connectivity index (χ3n) is 15.6. The monoisotopic (exact) mass is 1240 g/mol. The van der Waals surface area contributed by atoms with Crippen LogP contribution in [-0.2, 0) is 31.8 Å². The van der Waals surface area contributed by atoms with E-state index in [0.717, 1.165) is 87.5 Å². The SMILES string of the molecule is CCCCCc1ccc(C#Cc2ccc(C(=O)Oc3cc(OC(=O)c4ccc(OCCCCOCC5(C)COC5)cc4)c(OC(=O)c4ccc(C#Cc5ccc(CCCCC)cc5)cc4)cc3OC(=O)c3ccc(OCCCCOCC4(C)COC4)cc3)cc2)cc1. The highest BCUT2D eigenvalue weighted by molar-refractivity contribution is 5.96. The number of esters is 4. The number of carbonyl (C=O) groups excluding carboxylic acids is 4. The fourth-order valence-electron chi connectivity index (χ4n) is 9.88. The van der Waals surface area contributed by atoms with Gasteiger partial charge in [0.25, 0.3) is 0 Å². The minimum atomic E-state index is -0.850. The van der Waals surface area contributed by atoms with Crippen molar-refractivity contribution in [1.82, 2.24) is 0 Å². The van der Waals surface area contributed by atoms with E-state index in [-0.39, 0.29) is 56.1 Å². The molecule has 478 valence electrons. The average molecular weight is 1240 g/mol. The van der Waals surface area contributed by atoms with Crippen LogP contribution >= 0.6 is 0 Å². The second-order valence-electron chi connectivity index (χ2n) is 24.1. The second-order valence-corrected chi connectivity index (χ2v) is 24.1. The molecule has 7 aromatic carbocycles. The zero-order chi connectivity index (χ0) is 64.4. The summed E-state index contributed by atoms with van der Waals surface area (Å²) >= 11 is 0. The molecule has 2 aliphatic heterocycles. The van der Waals surface area contributed by atoms with Gasteiger partial charge in [-0.15, -0.1) is 0 Å². The van der Waals surface area contributed by atoms with Crippen molar-refractivity contribution >= 4 is 23.9 Å². The summed E-state index contributed by atoms with van der Waals surface area (Å²) in [4.78, 5) is 56.6. The highest BCUT2D eigenvalue weighted by Gasteiger charge is 2.34. The van der Waals surface area contributed by atoms with Crippen molar-refractivity contribution in [1.29, 1.82) is 0 Å². The third-order valence-corrected chi connectivity index (χ3v) is 15.6. The number of ether oxygens (including phenoxy) is 10. The van der Waals surface area contributed by atoms with Crippen molar-refractivity contribution in [2.24, 2.45) is 10.8 Å². The first kappa shape index (κ1) is 67.4. The van der Waals surface area contributed by atoms with Crippen LogP contribution in [0.15, 0.2) is 158 Å². The largest absolute Gasteiger partial charge is 0.494 e. The Morgan fingerprint density at radius 1 is 0.370 bits per heavy atom. The summed E-state index contributed by atoms with van der Waals surface area (Å²) in [6.45, 7) is 14.9. The van der Waals surface area contributed by atoms with Gasteiger partial charge in [0, 0.05) is 58.4 Å².